The van der Waals surface area contributed by atoms with Gasteiger partial charge < -0.3 is 10.2 Å². The normalized spacial score (nSPS) is 13.8. The molecule has 0 aliphatic heterocycles. The van der Waals surface area contributed by atoms with Crippen LogP contribution in [0.5, 0.6) is 0 Å². The van der Waals surface area contributed by atoms with Crippen molar-refractivity contribution in [2.45, 2.75) is 12.1 Å². The zero-order valence-corrected chi connectivity index (χ0v) is 6.17. The van der Waals surface area contributed by atoms with E-state index in [4.69, 9.17) is 10.2 Å². The Morgan fingerprint density at radius 1 is 1.33 bits per heavy atom. The van der Waals surface area contributed by atoms with Gasteiger partial charge in [-0.05, 0) is 0 Å². The number of carbonyl (C=O) groups excluding carboxylic acids is 2. The number of isocyanates is 2. The maximum Gasteiger partial charge on any atom is 0.235 e. The minimum atomic E-state index is -1.21. The Balaban J connectivity index is 4.20. The van der Waals surface area contributed by atoms with Crippen LogP contribution in [-0.4, -0.2) is 47.7 Å². The van der Waals surface area contributed by atoms with Gasteiger partial charge in [-0.1, -0.05) is 0 Å². The first-order valence-electron chi connectivity index (χ1n) is 3.15. The zero-order chi connectivity index (χ0) is 9.40. The molecule has 0 heterocycles. The summed E-state index contributed by atoms with van der Waals surface area (Å²) in [4.78, 5) is 25.7. The monoisotopic (exact) mass is 172 g/mol. The molecule has 0 amide bonds. The van der Waals surface area contributed by atoms with Crippen LogP contribution in [0, 0.1) is 0 Å². The standard InChI is InChI=1S/C6H8N2O4/c9-2-6(12)5(8-4-11)1-7-3-10/h5-6,9,12H,1-2H2. The summed E-state index contributed by atoms with van der Waals surface area (Å²) in [5, 5.41) is 17.4. The lowest BCUT2D eigenvalue weighted by Crippen LogP contribution is -2.30. The highest BCUT2D eigenvalue weighted by atomic mass is 16.3. The van der Waals surface area contributed by atoms with Crippen molar-refractivity contribution in [1.29, 1.82) is 0 Å². The Bertz CT molecular complexity index is 218. The highest BCUT2D eigenvalue weighted by Crippen LogP contribution is 1.97. The van der Waals surface area contributed by atoms with Crippen molar-refractivity contribution in [2.75, 3.05) is 13.2 Å². The molecule has 2 atom stereocenters. The number of aliphatic imine (C=N–C) groups is 2. The molecular formula is C6H8N2O4. The van der Waals surface area contributed by atoms with E-state index in [-0.39, 0.29) is 6.54 Å². The van der Waals surface area contributed by atoms with Crippen LogP contribution in [0.4, 0.5) is 0 Å². The molecule has 0 saturated carbocycles. The fourth-order valence-corrected chi connectivity index (χ4v) is 0.569. The molecule has 6 heteroatoms. The van der Waals surface area contributed by atoms with Gasteiger partial charge in [0, 0.05) is 0 Å². The van der Waals surface area contributed by atoms with E-state index in [9.17, 15) is 9.59 Å². The Morgan fingerprint density at radius 3 is 2.42 bits per heavy atom. The van der Waals surface area contributed by atoms with Gasteiger partial charge in [-0.3, -0.25) is 0 Å². The first kappa shape index (κ1) is 10.7. The molecule has 0 aliphatic carbocycles. The molecule has 0 spiro atoms. The summed E-state index contributed by atoms with van der Waals surface area (Å²) in [6, 6.07) is -0.922. The van der Waals surface area contributed by atoms with Crippen LogP contribution in [0.3, 0.4) is 0 Å². The van der Waals surface area contributed by atoms with Crippen molar-refractivity contribution in [2.24, 2.45) is 9.98 Å². The third-order valence-electron chi connectivity index (χ3n) is 1.19. The summed E-state index contributed by atoms with van der Waals surface area (Å²) < 4.78 is 0. The van der Waals surface area contributed by atoms with Gasteiger partial charge in [-0.2, -0.15) is 4.99 Å². The first-order chi connectivity index (χ1) is 5.76. The summed E-state index contributed by atoms with van der Waals surface area (Å²) in [5.41, 5.74) is 0. The van der Waals surface area contributed by atoms with Crippen molar-refractivity contribution < 1.29 is 19.8 Å². The van der Waals surface area contributed by atoms with E-state index >= 15 is 0 Å². The van der Waals surface area contributed by atoms with E-state index in [2.05, 4.69) is 9.98 Å². The van der Waals surface area contributed by atoms with Gasteiger partial charge in [0.05, 0.1) is 13.2 Å². The van der Waals surface area contributed by atoms with E-state index < -0.39 is 18.8 Å². The van der Waals surface area contributed by atoms with E-state index in [1.807, 2.05) is 0 Å². The smallest absolute Gasteiger partial charge is 0.235 e. The second kappa shape index (κ2) is 6.39. The summed E-state index contributed by atoms with van der Waals surface area (Å²) in [5.74, 6) is 0. The van der Waals surface area contributed by atoms with Crippen LogP contribution in [0.2, 0.25) is 0 Å². The molecule has 12 heavy (non-hydrogen) atoms. The molecule has 0 bridgehead atoms. The molecule has 0 aromatic rings. The average molecular weight is 172 g/mol. The van der Waals surface area contributed by atoms with Gasteiger partial charge in [0.15, 0.2) is 0 Å². The van der Waals surface area contributed by atoms with Gasteiger partial charge in [0.1, 0.15) is 12.1 Å². The molecule has 2 N–H and O–H groups in total. The molecule has 2 unspecified atom stereocenters. The van der Waals surface area contributed by atoms with E-state index in [0.717, 1.165) is 0 Å². The quantitative estimate of drug-likeness (QED) is 0.384. The topological polar surface area (TPSA) is 99.3 Å². The second-order valence-corrected chi connectivity index (χ2v) is 1.97. The predicted molar refractivity (Wildman–Crippen MR) is 38.0 cm³/mol. The van der Waals surface area contributed by atoms with Crippen LogP contribution in [0.15, 0.2) is 9.98 Å². The molecule has 6 nitrogen and oxygen atoms in total. The van der Waals surface area contributed by atoms with E-state index in [0.29, 0.717) is 0 Å². The lowest BCUT2D eigenvalue weighted by atomic mass is 10.2. The second-order valence-electron chi connectivity index (χ2n) is 1.97. The Labute approximate surface area is 68.3 Å². The molecule has 0 aliphatic rings. The van der Waals surface area contributed by atoms with Gasteiger partial charge in [0.25, 0.3) is 0 Å². The van der Waals surface area contributed by atoms with Gasteiger partial charge in [-0.15, -0.1) is 0 Å². The van der Waals surface area contributed by atoms with Crippen LogP contribution in [-0.2, 0) is 9.59 Å². The molecule has 0 rings (SSSR count). The molecule has 0 aromatic heterocycles. The van der Waals surface area contributed by atoms with Crippen molar-refractivity contribution in [1.82, 2.24) is 0 Å². The van der Waals surface area contributed by atoms with E-state index in [1.165, 1.54) is 12.2 Å². The number of aliphatic hydroxyl groups excluding tert-OH is 2. The third kappa shape index (κ3) is 3.75. The molecular weight excluding hydrogens is 164 g/mol. The Hall–Kier alpha value is -1.32. The molecule has 0 saturated heterocycles. The summed E-state index contributed by atoms with van der Waals surface area (Å²) in [6.45, 7) is -0.731. The molecule has 66 valence electrons. The van der Waals surface area contributed by atoms with Crippen molar-refractivity contribution in [3.63, 3.8) is 0 Å². The summed E-state index contributed by atoms with van der Waals surface area (Å²) in [6.07, 6.45) is 1.23. The van der Waals surface area contributed by atoms with Crippen molar-refractivity contribution in [3.05, 3.63) is 0 Å². The summed E-state index contributed by atoms with van der Waals surface area (Å²) in [7, 11) is 0. The van der Waals surface area contributed by atoms with Crippen LogP contribution in [0.1, 0.15) is 0 Å². The number of aliphatic hydroxyl groups is 2. The van der Waals surface area contributed by atoms with Crippen LogP contribution < -0.4 is 0 Å². The van der Waals surface area contributed by atoms with Crippen molar-refractivity contribution >= 4 is 12.2 Å². The lowest BCUT2D eigenvalue weighted by molar-refractivity contribution is 0.0771. The summed E-state index contributed by atoms with van der Waals surface area (Å²) >= 11 is 0. The largest absolute Gasteiger partial charge is 0.394 e. The highest BCUT2D eigenvalue weighted by Gasteiger charge is 2.16. The van der Waals surface area contributed by atoms with Crippen LogP contribution in [0.25, 0.3) is 0 Å². The molecule has 0 radical (unpaired) electrons. The fourth-order valence-electron chi connectivity index (χ4n) is 0.569. The highest BCUT2D eigenvalue weighted by molar-refractivity contribution is 5.35. The minimum absolute atomic E-state index is 0.180. The first-order valence-corrected chi connectivity index (χ1v) is 3.15. The predicted octanol–water partition coefficient (Wildman–Crippen LogP) is -1.62. The SMILES string of the molecule is O=C=NCC(N=C=O)C(O)CO. The van der Waals surface area contributed by atoms with Crippen molar-refractivity contribution in [3.8, 4) is 0 Å². The minimum Gasteiger partial charge on any atom is -0.394 e. The molecule has 0 fully saturated rings. The van der Waals surface area contributed by atoms with Gasteiger partial charge in [0.2, 0.25) is 12.2 Å². The number of hydrogen-bond donors (Lipinski definition) is 2. The molecule has 0 aromatic carbocycles. The third-order valence-corrected chi connectivity index (χ3v) is 1.19. The Morgan fingerprint density at radius 2 is 2.00 bits per heavy atom. The maximum atomic E-state index is 9.77. The Kier molecular flexibility index (Phi) is 5.69. The maximum absolute atomic E-state index is 9.77. The van der Waals surface area contributed by atoms with Gasteiger partial charge in [-0.25, -0.2) is 14.6 Å². The van der Waals surface area contributed by atoms with Crippen LogP contribution >= 0.6 is 0 Å². The van der Waals surface area contributed by atoms with Gasteiger partial charge >= 0.3 is 0 Å². The fraction of sp³-hybridized carbons (Fsp3) is 0.667. The lowest BCUT2D eigenvalue weighted by Gasteiger charge is -2.11. The van der Waals surface area contributed by atoms with E-state index in [1.54, 1.807) is 0 Å². The number of hydrogen-bond acceptors (Lipinski definition) is 6. The number of rotatable bonds is 5. The number of nitrogens with zero attached hydrogens (tertiary/aromatic N) is 2. The average Bonchev–Trinajstić information content (AvgIpc) is 2.11. The zero-order valence-electron chi connectivity index (χ0n) is 6.17.